The molecule has 0 amide bonds. The van der Waals surface area contributed by atoms with Gasteiger partial charge < -0.3 is 19.4 Å². The van der Waals surface area contributed by atoms with Crippen LogP contribution in [-0.2, 0) is 4.84 Å². The van der Waals surface area contributed by atoms with Crippen molar-refractivity contribution in [3.8, 4) is 0 Å². The van der Waals surface area contributed by atoms with Crippen LogP contribution >= 0.6 is 11.8 Å². The van der Waals surface area contributed by atoms with Crippen molar-refractivity contribution in [3.63, 3.8) is 0 Å². The zero-order valence-corrected chi connectivity index (χ0v) is 18.7. The first kappa shape index (κ1) is 21.1. The van der Waals surface area contributed by atoms with E-state index in [2.05, 4.69) is 12.1 Å². The fourth-order valence-corrected chi connectivity index (χ4v) is 5.78. The van der Waals surface area contributed by atoms with Gasteiger partial charge in [-0.1, -0.05) is 12.1 Å². The molecule has 1 atom stereocenters. The Bertz CT molecular complexity index is 1250. The van der Waals surface area contributed by atoms with Gasteiger partial charge in [-0.25, -0.2) is 9.18 Å². The molecule has 1 aliphatic carbocycles. The zero-order chi connectivity index (χ0) is 22.6. The molecule has 32 heavy (non-hydrogen) atoms. The normalized spacial score (nSPS) is 22.4. The standard InChI is InChI=1S/C23H24FN3O4S/c1-12-11-32-20-5-6-26(9-15(20)21(12)25-31-2)19-8-18-14(7-17(19)24)22(28)16(23(29)30)10-27(18)13-3-4-13/h7-8,10,12-13H,3-6,9,11H2,1-2H3,(H,29,30)/b25-21+. The van der Waals surface area contributed by atoms with Gasteiger partial charge in [0, 0.05) is 48.0 Å². The van der Waals surface area contributed by atoms with Crippen LogP contribution in [0.15, 0.2) is 38.8 Å². The molecule has 1 aromatic heterocycles. The highest BCUT2D eigenvalue weighted by Gasteiger charge is 2.32. The van der Waals surface area contributed by atoms with Crippen LogP contribution in [0, 0.1) is 11.7 Å². The van der Waals surface area contributed by atoms with Crippen LogP contribution in [0.1, 0.15) is 42.6 Å². The second-order valence-electron chi connectivity index (χ2n) is 8.58. The van der Waals surface area contributed by atoms with E-state index in [0.717, 1.165) is 36.3 Å². The van der Waals surface area contributed by atoms with Gasteiger partial charge in [-0.05, 0) is 36.3 Å². The first-order chi connectivity index (χ1) is 15.4. The van der Waals surface area contributed by atoms with Gasteiger partial charge in [-0.2, -0.15) is 0 Å². The number of thioether (sulfide) groups is 1. The summed E-state index contributed by atoms with van der Waals surface area (Å²) in [5.41, 5.74) is 2.02. The minimum atomic E-state index is -1.29. The van der Waals surface area contributed by atoms with Gasteiger partial charge in [0.1, 0.15) is 18.5 Å². The lowest BCUT2D eigenvalue weighted by molar-refractivity contribution is 0.0695. The average Bonchev–Trinajstić information content (AvgIpc) is 3.61. The molecule has 1 unspecified atom stereocenters. The third-order valence-electron chi connectivity index (χ3n) is 6.38. The lowest BCUT2D eigenvalue weighted by Gasteiger charge is -2.36. The van der Waals surface area contributed by atoms with Gasteiger partial charge in [0.2, 0.25) is 5.43 Å². The van der Waals surface area contributed by atoms with Crippen molar-refractivity contribution in [3.05, 3.63) is 50.4 Å². The number of carbonyl (C=O) groups is 1. The molecule has 3 heterocycles. The molecule has 7 nitrogen and oxygen atoms in total. The Kier molecular flexibility index (Phi) is 5.23. The molecular formula is C23H24FN3O4S. The van der Waals surface area contributed by atoms with Crippen LogP contribution in [0.5, 0.6) is 0 Å². The number of aromatic nitrogens is 1. The van der Waals surface area contributed by atoms with E-state index in [1.165, 1.54) is 24.3 Å². The van der Waals surface area contributed by atoms with E-state index in [9.17, 15) is 14.7 Å². The fraction of sp³-hybridized carbons (Fsp3) is 0.435. The summed E-state index contributed by atoms with van der Waals surface area (Å²) in [6, 6.07) is 3.04. The van der Waals surface area contributed by atoms with E-state index in [1.54, 1.807) is 6.07 Å². The van der Waals surface area contributed by atoms with E-state index in [-0.39, 0.29) is 22.9 Å². The Morgan fingerprint density at radius 3 is 2.81 bits per heavy atom. The van der Waals surface area contributed by atoms with Crippen molar-refractivity contribution in [2.75, 3.05) is 30.9 Å². The number of carboxylic acids is 1. The highest BCUT2D eigenvalue weighted by Crippen LogP contribution is 2.41. The van der Waals surface area contributed by atoms with Crippen molar-refractivity contribution >= 4 is 40.0 Å². The second kappa shape index (κ2) is 7.95. The van der Waals surface area contributed by atoms with Crippen molar-refractivity contribution < 1.29 is 19.1 Å². The first-order valence-electron chi connectivity index (χ1n) is 10.7. The Labute approximate surface area is 188 Å². The number of hydrogen-bond donors (Lipinski definition) is 1. The molecule has 2 aromatic rings. The number of anilines is 1. The summed E-state index contributed by atoms with van der Waals surface area (Å²) in [5.74, 6) is -0.620. The monoisotopic (exact) mass is 457 g/mol. The zero-order valence-electron chi connectivity index (χ0n) is 17.9. The second-order valence-corrected chi connectivity index (χ2v) is 9.70. The highest BCUT2D eigenvalue weighted by molar-refractivity contribution is 8.03. The SMILES string of the molecule is CO/N=C1/C2=C(CCN(c3cc4c(cc3F)c(=O)c(C(=O)O)cn4C3CC3)C2)SCC1C. The van der Waals surface area contributed by atoms with Crippen LogP contribution in [-0.4, -0.2) is 47.3 Å². The van der Waals surface area contributed by atoms with Gasteiger partial charge in [0.05, 0.1) is 16.9 Å². The minimum absolute atomic E-state index is 0.110. The maximum absolute atomic E-state index is 15.3. The van der Waals surface area contributed by atoms with Crippen LogP contribution in [0.4, 0.5) is 10.1 Å². The van der Waals surface area contributed by atoms with Gasteiger partial charge >= 0.3 is 5.97 Å². The predicted octanol–water partition coefficient (Wildman–Crippen LogP) is 4.02. The number of hydrogen-bond acceptors (Lipinski definition) is 6. The highest BCUT2D eigenvalue weighted by atomic mass is 32.2. The van der Waals surface area contributed by atoms with Crippen LogP contribution < -0.4 is 10.3 Å². The number of carboxylic acid groups (broad SMARTS) is 1. The van der Waals surface area contributed by atoms with Gasteiger partial charge in [-0.3, -0.25) is 4.79 Å². The largest absolute Gasteiger partial charge is 0.477 e. The number of rotatable bonds is 4. The lowest BCUT2D eigenvalue weighted by atomic mass is 9.95. The summed E-state index contributed by atoms with van der Waals surface area (Å²) < 4.78 is 17.1. The number of fused-ring (bicyclic) bond motifs is 1. The average molecular weight is 458 g/mol. The maximum Gasteiger partial charge on any atom is 0.341 e. The van der Waals surface area contributed by atoms with Gasteiger partial charge in [-0.15, -0.1) is 11.8 Å². The summed E-state index contributed by atoms with van der Waals surface area (Å²) >= 11 is 1.83. The van der Waals surface area contributed by atoms with E-state index < -0.39 is 17.2 Å². The number of benzene rings is 1. The van der Waals surface area contributed by atoms with E-state index in [4.69, 9.17) is 4.84 Å². The Morgan fingerprint density at radius 2 is 2.12 bits per heavy atom. The first-order valence-corrected chi connectivity index (χ1v) is 11.7. The number of pyridine rings is 1. The molecule has 168 valence electrons. The van der Waals surface area contributed by atoms with Crippen LogP contribution in [0.2, 0.25) is 0 Å². The van der Waals surface area contributed by atoms with E-state index in [0.29, 0.717) is 24.3 Å². The van der Waals surface area contributed by atoms with Gasteiger partial charge in [0.15, 0.2) is 0 Å². The summed E-state index contributed by atoms with van der Waals surface area (Å²) in [4.78, 5) is 32.6. The smallest absolute Gasteiger partial charge is 0.341 e. The molecule has 1 N–H and O–H groups in total. The molecule has 0 radical (unpaired) electrons. The van der Waals surface area contributed by atoms with Crippen molar-refractivity contribution in [1.82, 2.24) is 4.57 Å². The summed E-state index contributed by atoms with van der Waals surface area (Å²) in [5, 5.41) is 13.8. The van der Waals surface area contributed by atoms with E-state index >= 15 is 4.39 Å². The number of halogens is 1. The number of aromatic carboxylic acids is 1. The summed E-state index contributed by atoms with van der Waals surface area (Å²) in [6.07, 6.45) is 4.03. The molecule has 3 aliphatic rings. The molecule has 1 fully saturated rings. The Morgan fingerprint density at radius 1 is 1.34 bits per heavy atom. The van der Waals surface area contributed by atoms with Crippen LogP contribution in [0.25, 0.3) is 10.9 Å². The maximum atomic E-state index is 15.3. The topological polar surface area (TPSA) is 84.1 Å². The third-order valence-corrected chi connectivity index (χ3v) is 7.85. The quantitative estimate of drug-likeness (QED) is 0.698. The van der Waals surface area contributed by atoms with E-state index in [1.807, 2.05) is 21.2 Å². The number of oxime groups is 1. The van der Waals surface area contributed by atoms with Gasteiger partial charge in [0.25, 0.3) is 0 Å². The molecule has 0 saturated heterocycles. The molecule has 9 heteroatoms. The third kappa shape index (κ3) is 3.48. The van der Waals surface area contributed by atoms with Crippen LogP contribution in [0.3, 0.4) is 0 Å². The fourth-order valence-electron chi connectivity index (χ4n) is 4.59. The Hall–Kier alpha value is -2.81. The number of nitrogens with zero attached hydrogens (tertiary/aromatic N) is 3. The van der Waals surface area contributed by atoms with Crippen molar-refractivity contribution in [1.29, 1.82) is 0 Å². The van der Waals surface area contributed by atoms with Crippen molar-refractivity contribution in [2.45, 2.75) is 32.2 Å². The molecule has 1 saturated carbocycles. The molecule has 0 spiro atoms. The molecule has 1 aromatic carbocycles. The van der Waals surface area contributed by atoms with Crippen molar-refractivity contribution in [2.24, 2.45) is 11.1 Å². The molecule has 2 aliphatic heterocycles. The Balaban J connectivity index is 1.60. The molecular weight excluding hydrogens is 433 g/mol. The molecule has 5 rings (SSSR count). The molecule has 0 bridgehead atoms. The predicted molar refractivity (Wildman–Crippen MR) is 123 cm³/mol. The summed E-state index contributed by atoms with van der Waals surface area (Å²) in [7, 11) is 1.54. The minimum Gasteiger partial charge on any atom is -0.477 e. The lowest BCUT2D eigenvalue weighted by Crippen LogP contribution is -2.38. The summed E-state index contributed by atoms with van der Waals surface area (Å²) in [6.45, 7) is 3.28.